The Morgan fingerprint density at radius 1 is 1.29 bits per heavy atom. The van der Waals surface area contributed by atoms with E-state index in [-0.39, 0.29) is 17.2 Å². The summed E-state index contributed by atoms with van der Waals surface area (Å²) in [7, 11) is 0. The van der Waals surface area contributed by atoms with Crippen LogP contribution in [-0.2, 0) is 9.59 Å². The van der Waals surface area contributed by atoms with E-state index in [1.165, 1.54) is 16.7 Å². The maximum atomic E-state index is 12.7. The van der Waals surface area contributed by atoms with E-state index in [1.807, 2.05) is 26.0 Å². The van der Waals surface area contributed by atoms with Crippen molar-refractivity contribution in [3.63, 3.8) is 0 Å². The molecule has 0 aliphatic carbocycles. The zero-order valence-corrected chi connectivity index (χ0v) is 16.3. The van der Waals surface area contributed by atoms with Gasteiger partial charge in [0.05, 0.1) is 5.56 Å². The van der Waals surface area contributed by atoms with Crippen LogP contribution in [0.2, 0.25) is 0 Å². The number of benzene rings is 1. The molecule has 0 radical (unpaired) electrons. The van der Waals surface area contributed by atoms with E-state index < -0.39 is 22.3 Å². The van der Waals surface area contributed by atoms with Gasteiger partial charge >= 0.3 is 5.97 Å². The molecule has 2 heterocycles. The Bertz CT molecular complexity index is 753. The minimum absolute atomic E-state index is 0.326. The minimum Gasteiger partial charge on any atom is -0.480 e. The van der Waals surface area contributed by atoms with Crippen LogP contribution in [0, 0.1) is 3.57 Å². The minimum atomic E-state index is -1.10. The molecular weight excluding hydrogens is 443 g/mol. The van der Waals surface area contributed by atoms with E-state index in [9.17, 15) is 19.5 Å². The fourth-order valence-corrected chi connectivity index (χ4v) is 5.56. The van der Waals surface area contributed by atoms with Gasteiger partial charge in [-0.25, -0.2) is 4.79 Å². The van der Waals surface area contributed by atoms with Crippen LogP contribution in [0.3, 0.4) is 0 Å². The highest BCUT2D eigenvalue weighted by Crippen LogP contribution is 2.54. The molecule has 2 aliphatic rings. The van der Waals surface area contributed by atoms with Crippen LogP contribution in [0.1, 0.15) is 31.1 Å². The molecule has 6 nitrogen and oxygen atoms in total. The number of carbonyl (C=O) groups is 3. The van der Waals surface area contributed by atoms with Gasteiger partial charge in [-0.05, 0) is 55.5 Å². The van der Waals surface area contributed by atoms with E-state index >= 15 is 0 Å². The first kappa shape index (κ1) is 17.5. The molecule has 3 rings (SSSR count). The average Bonchev–Trinajstić information content (AvgIpc) is 2.77. The zero-order chi connectivity index (χ0) is 17.9. The number of halogens is 1. The molecule has 0 bridgehead atoms. The number of β-lactam (4-membered cyclic amide) rings is 1. The smallest absolute Gasteiger partial charge is 0.327 e. The van der Waals surface area contributed by atoms with Gasteiger partial charge < -0.3 is 15.3 Å². The van der Waals surface area contributed by atoms with E-state index in [0.29, 0.717) is 5.56 Å². The van der Waals surface area contributed by atoms with Gasteiger partial charge in [0.25, 0.3) is 11.8 Å². The third-order valence-corrected chi connectivity index (χ3v) is 7.20. The van der Waals surface area contributed by atoms with E-state index in [2.05, 4.69) is 27.9 Å². The molecule has 0 spiro atoms. The lowest BCUT2D eigenvalue weighted by Gasteiger charge is -2.51. The standard InChI is InChI=1S/C16H17IN2O4S/c1-15(2)10(12(21)22)19-13(23)16(3,14(19)24-15)18-11(20)8-6-4-5-7-9(8)17/h4-7,10,14H,1-3H3,(H,18,20)(H,21,22)/t10-,14+,16-/m0/s1. The number of carboxylic acid groups (broad SMARTS) is 1. The van der Waals surface area contributed by atoms with Crippen molar-refractivity contribution in [1.82, 2.24) is 10.2 Å². The highest BCUT2D eigenvalue weighted by Gasteiger charge is 2.70. The van der Waals surface area contributed by atoms with Crippen molar-refractivity contribution in [2.24, 2.45) is 0 Å². The lowest BCUT2D eigenvalue weighted by molar-refractivity contribution is -0.165. The number of nitrogens with zero attached hydrogens (tertiary/aromatic N) is 1. The number of fused-ring (bicyclic) bond motifs is 1. The van der Waals surface area contributed by atoms with Gasteiger partial charge in [0.2, 0.25) is 0 Å². The van der Waals surface area contributed by atoms with Crippen molar-refractivity contribution >= 4 is 52.1 Å². The Morgan fingerprint density at radius 3 is 2.50 bits per heavy atom. The highest BCUT2D eigenvalue weighted by atomic mass is 127. The number of aliphatic carboxylic acids is 1. The molecule has 24 heavy (non-hydrogen) atoms. The molecule has 1 aromatic rings. The molecule has 0 saturated carbocycles. The number of carboxylic acids is 1. The lowest BCUT2D eigenvalue weighted by Crippen LogP contribution is -2.78. The Hall–Kier alpha value is -1.29. The summed E-state index contributed by atoms with van der Waals surface area (Å²) in [5, 5.41) is 11.9. The monoisotopic (exact) mass is 460 g/mol. The second kappa shape index (κ2) is 5.62. The molecular formula is C16H17IN2O4S. The van der Waals surface area contributed by atoms with Crippen molar-refractivity contribution in [2.45, 2.75) is 42.5 Å². The second-order valence-electron chi connectivity index (χ2n) is 6.66. The Morgan fingerprint density at radius 2 is 1.92 bits per heavy atom. The third kappa shape index (κ3) is 2.42. The Balaban J connectivity index is 1.86. The molecule has 2 saturated heterocycles. The van der Waals surface area contributed by atoms with Gasteiger partial charge in [-0.15, -0.1) is 11.8 Å². The molecule has 2 aliphatic heterocycles. The molecule has 0 aromatic heterocycles. The van der Waals surface area contributed by atoms with Crippen molar-refractivity contribution in [3.05, 3.63) is 33.4 Å². The Kier molecular flexibility index (Phi) is 4.10. The zero-order valence-electron chi connectivity index (χ0n) is 13.4. The third-order valence-electron chi connectivity index (χ3n) is 4.50. The van der Waals surface area contributed by atoms with Gasteiger partial charge in [0, 0.05) is 8.32 Å². The van der Waals surface area contributed by atoms with Crippen LogP contribution in [0.25, 0.3) is 0 Å². The first-order chi connectivity index (χ1) is 11.1. The summed E-state index contributed by atoms with van der Waals surface area (Å²) in [6, 6.07) is 6.24. The molecule has 8 heteroatoms. The highest BCUT2D eigenvalue weighted by molar-refractivity contribution is 14.1. The van der Waals surface area contributed by atoms with Crippen molar-refractivity contribution in [1.29, 1.82) is 0 Å². The summed E-state index contributed by atoms with van der Waals surface area (Å²) in [5.41, 5.74) is -0.593. The van der Waals surface area contributed by atoms with Gasteiger partial charge in [-0.2, -0.15) is 0 Å². The van der Waals surface area contributed by atoms with Gasteiger partial charge in [0.15, 0.2) is 0 Å². The van der Waals surface area contributed by atoms with Crippen molar-refractivity contribution in [2.75, 3.05) is 0 Å². The number of amides is 2. The molecule has 0 unspecified atom stereocenters. The summed E-state index contributed by atoms with van der Waals surface area (Å²) >= 11 is 3.49. The van der Waals surface area contributed by atoms with Crippen molar-refractivity contribution < 1.29 is 19.5 Å². The first-order valence-electron chi connectivity index (χ1n) is 7.40. The SMILES string of the molecule is CC1(C)S[C@H]2N(C(=O)[C@]2(C)NC(=O)c2ccccc2I)[C@H]1C(=O)O. The maximum absolute atomic E-state index is 12.7. The number of nitrogens with one attached hydrogen (secondary N) is 1. The molecule has 2 fully saturated rings. The van der Waals surface area contributed by atoms with Crippen LogP contribution in [0.4, 0.5) is 0 Å². The predicted molar refractivity (Wildman–Crippen MR) is 98.8 cm³/mol. The number of hydrogen-bond donors (Lipinski definition) is 2. The van der Waals surface area contributed by atoms with Crippen LogP contribution < -0.4 is 5.32 Å². The second-order valence-corrected chi connectivity index (χ2v) is 9.56. The fraction of sp³-hybridized carbons (Fsp3) is 0.438. The molecule has 128 valence electrons. The summed E-state index contributed by atoms with van der Waals surface area (Å²) in [4.78, 5) is 38.2. The quantitative estimate of drug-likeness (QED) is 0.532. The van der Waals surface area contributed by atoms with Crippen LogP contribution in [-0.4, -0.2) is 49.5 Å². The van der Waals surface area contributed by atoms with Gasteiger partial charge in [-0.3, -0.25) is 9.59 Å². The summed E-state index contributed by atoms with van der Waals surface area (Å²) < 4.78 is 0.179. The average molecular weight is 460 g/mol. The van der Waals surface area contributed by atoms with Crippen LogP contribution in [0.15, 0.2) is 24.3 Å². The Labute approximate surface area is 157 Å². The van der Waals surface area contributed by atoms with Gasteiger partial charge in [0.1, 0.15) is 17.0 Å². The number of hydrogen-bond acceptors (Lipinski definition) is 4. The van der Waals surface area contributed by atoms with Crippen LogP contribution >= 0.6 is 34.4 Å². The lowest BCUT2D eigenvalue weighted by atomic mass is 9.86. The van der Waals surface area contributed by atoms with E-state index in [1.54, 1.807) is 19.1 Å². The summed E-state index contributed by atoms with van der Waals surface area (Å²) in [6.07, 6.45) is 0. The number of carbonyl (C=O) groups excluding carboxylic acids is 2. The summed E-state index contributed by atoms with van der Waals surface area (Å²) in [6.45, 7) is 5.28. The molecule has 3 atom stereocenters. The predicted octanol–water partition coefficient (Wildman–Crippen LogP) is 1.93. The van der Waals surface area contributed by atoms with E-state index in [4.69, 9.17) is 0 Å². The van der Waals surface area contributed by atoms with Crippen LogP contribution in [0.5, 0.6) is 0 Å². The molecule has 2 amide bonds. The van der Waals surface area contributed by atoms with Crippen molar-refractivity contribution in [3.8, 4) is 0 Å². The normalized spacial score (nSPS) is 30.5. The molecule has 2 N–H and O–H groups in total. The number of thioether (sulfide) groups is 1. The fourth-order valence-electron chi connectivity index (χ4n) is 3.29. The molecule has 1 aromatic carbocycles. The maximum Gasteiger partial charge on any atom is 0.327 e. The first-order valence-corrected chi connectivity index (χ1v) is 9.36. The largest absolute Gasteiger partial charge is 0.480 e. The topological polar surface area (TPSA) is 86.7 Å². The summed E-state index contributed by atoms with van der Waals surface area (Å²) in [5.74, 6) is -1.70. The van der Waals surface area contributed by atoms with E-state index in [0.717, 1.165) is 3.57 Å². The van der Waals surface area contributed by atoms with Gasteiger partial charge in [-0.1, -0.05) is 12.1 Å². The number of rotatable bonds is 3.